The van der Waals surface area contributed by atoms with Gasteiger partial charge in [0, 0.05) is 56.7 Å². The van der Waals surface area contributed by atoms with E-state index in [-0.39, 0.29) is 0 Å². The van der Waals surface area contributed by atoms with Crippen molar-refractivity contribution in [2.24, 2.45) is 0 Å². The van der Waals surface area contributed by atoms with Crippen LogP contribution in [0, 0.1) is 5.41 Å². The molecule has 260 valence electrons. The normalized spacial score (nSPS) is 11.5. The van der Waals surface area contributed by atoms with Crippen LogP contribution in [0.3, 0.4) is 0 Å². The van der Waals surface area contributed by atoms with E-state index in [1.807, 2.05) is 66.9 Å². The summed E-state index contributed by atoms with van der Waals surface area (Å²) in [6.45, 7) is 3.75. The lowest BCUT2D eigenvalue weighted by molar-refractivity contribution is 1.07. The third-order valence-corrected chi connectivity index (χ3v) is 9.80. The van der Waals surface area contributed by atoms with Crippen LogP contribution in [0.5, 0.6) is 0 Å². The molecule has 3 aromatic heterocycles. The van der Waals surface area contributed by atoms with Gasteiger partial charge in [0.15, 0.2) is 17.5 Å². The Hall–Kier alpha value is -7.57. The van der Waals surface area contributed by atoms with Gasteiger partial charge in [0.25, 0.3) is 0 Å². The summed E-state index contributed by atoms with van der Waals surface area (Å²) in [5.74, 6) is 1.78. The van der Waals surface area contributed by atoms with Crippen molar-refractivity contribution < 1.29 is 0 Å². The van der Waals surface area contributed by atoms with E-state index >= 15 is 0 Å². The van der Waals surface area contributed by atoms with Crippen molar-refractivity contribution in [1.29, 1.82) is 5.41 Å². The smallest absolute Gasteiger partial charge is 0.164 e. The van der Waals surface area contributed by atoms with Crippen LogP contribution in [-0.4, -0.2) is 30.7 Å². The van der Waals surface area contributed by atoms with Gasteiger partial charge in [0.05, 0.1) is 16.7 Å². The lowest BCUT2D eigenvalue weighted by Gasteiger charge is -2.11. The second-order valence-electron chi connectivity index (χ2n) is 13.2. The van der Waals surface area contributed by atoms with Gasteiger partial charge in [0.2, 0.25) is 0 Å². The molecule has 55 heavy (non-hydrogen) atoms. The van der Waals surface area contributed by atoms with Crippen LogP contribution in [0.2, 0.25) is 0 Å². The average molecular weight is 707 g/mol. The lowest BCUT2D eigenvalue weighted by atomic mass is 10.0. The van der Waals surface area contributed by atoms with Crippen LogP contribution in [0.25, 0.3) is 89.5 Å². The summed E-state index contributed by atoms with van der Waals surface area (Å²) in [5.41, 5.74) is 11.7. The Morgan fingerprint density at radius 1 is 0.491 bits per heavy atom. The largest absolute Gasteiger partial charge is 0.309 e. The van der Waals surface area contributed by atoms with Crippen molar-refractivity contribution in [1.82, 2.24) is 24.5 Å². The number of hydrogen-bond acceptors (Lipinski definition) is 5. The molecule has 0 amide bonds. The van der Waals surface area contributed by atoms with Crippen LogP contribution < -0.4 is 0 Å². The quantitative estimate of drug-likeness (QED) is 0.120. The van der Waals surface area contributed by atoms with Crippen LogP contribution in [0.4, 0.5) is 0 Å². The maximum absolute atomic E-state index is 7.73. The van der Waals surface area contributed by atoms with Gasteiger partial charge in [-0.25, -0.2) is 15.0 Å². The molecule has 9 rings (SSSR count). The summed E-state index contributed by atoms with van der Waals surface area (Å²) < 4.78 is 2.34. The highest BCUT2D eigenvalue weighted by Gasteiger charge is 2.16. The van der Waals surface area contributed by atoms with Gasteiger partial charge in [-0.1, -0.05) is 146 Å². The maximum Gasteiger partial charge on any atom is 0.164 e. The zero-order valence-electron chi connectivity index (χ0n) is 29.8. The van der Waals surface area contributed by atoms with Gasteiger partial charge in [-0.2, -0.15) is 0 Å². The van der Waals surface area contributed by atoms with E-state index in [0.29, 0.717) is 28.7 Å². The van der Waals surface area contributed by atoms with Crippen LogP contribution in [0.1, 0.15) is 5.69 Å². The molecule has 6 aromatic carbocycles. The van der Waals surface area contributed by atoms with Crippen molar-refractivity contribution in [2.75, 3.05) is 0 Å². The van der Waals surface area contributed by atoms with Crippen LogP contribution in [0.15, 0.2) is 189 Å². The molecule has 0 bridgehead atoms. The molecule has 3 heterocycles. The monoisotopic (exact) mass is 706 g/mol. The molecule has 0 atom stereocenters. The Bertz CT molecular complexity index is 2870. The Morgan fingerprint density at radius 3 is 1.76 bits per heavy atom. The highest BCUT2D eigenvalue weighted by atomic mass is 15.0. The van der Waals surface area contributed by atoms with E-state index in [2.05, 4.69) is 119 Å². The van der Waals surface area contributed by atoms with Crippen LogP contribution >= 0.6 is 0 Å². The molecule has 6 heteroatoms. The Kier molecular flexibility index (Phi) is 8.74. The van der Waals surface area contributed by atoms with E-state index < -0.39 is 0 Å². The van der Waals surface area contributed by atoms with Crippen molar-refractivity contribution >= 4 is 33.6 Å². The molecule has 0 aliphatic rings. The summed E-state index contributed by atoms with van der Waals surface area (Å²) in [7, 11) is 0. The SMILES string of the molecule is C=C/C=C(\C=N)c1ccc(-c2cccc(-c3nc(-c4ccccc4)nc(-c4ccc(-c5ccc6c7ccccc7n(-c7ccccc7)c6c5)cc4)n3)c2)cn1. The predicted octanol–water partition coefficient (Wildman–Crippen LogP) is 11.9. The molecule has 9 aromatic rings. The molecular weight excluding hydrogens is 673 g/mol. The second-order valence-corrected chi connectivity index (χ2v) is 13.2. The summed E-state index contributed by atoms with van der Waals surface area (Å²) in [6, 6.07) is 56.4. The van der Waals surface area contributed by atoms with Gasteiger partial charge >= 0.3 is 0 Å². The number of allylic oxidation sites excluding steroid dienone is 3. The molecule has 0 aliphatic carbocycles. The molecule has 0 radical (unpaired) electrons. The summed E-state index contributed by atoms with van der Waals surface area (Å²) in [4.78, 5) is 19.6. The highest BCUT2D eigenvalue weighted by Crippen LogP contribution is 2.35. The van der Waals surface area contributed by atoms with Gasteiger partial charge in [-0.3, -0.25) is 4.98 Å². The molecule has 6 nitrogen and oxygen atoms in total. The third-order valence-electron chi connectivity index (χ3n) is 9.80. The molecule has 0 saturated carbocycles. The maximum atomic E-state index is 7.73. The van der Waals surface area contributed by atoms with E-state index in [4.69, 9.17) is 20.4 Å². The number of pyridine rings is 1. The number of benzene rings is 6. The first-order valence-electron chi connectivity index (χ1n) is 18.1. The minimum absolute atomic E-state index is 0.582. The van der Waals surface area contributed by atoms with E-state index in [0.717, 1.165) is 50.1 Å². The fourth-order valence-electron chi connectivity index (χ4n) is 7.08. The Morgan fingerprint density at radius 2 is 1.05 bits per heavy atom. The van der Waals surface area contributed by atoms with E-state index in [9.17, 15) is 0 Å². The topological polar surface area (TPSA) is 80.3 Å². The number of aromatic nitrogens is 5. The summed E-state index contributed by atoms with van der Waals surface area (Å²) in [6.07, 6.45) is 6.54. The average Bonchev–Trinajstić information content (AvgIpc) is 3.60. The first kappa shape index (κ1) is 33.3. The van der Waals surface area contributed by atoms with Gasteiger partial charge < -0.3 is 9.98 Å². The second kappa shape index (κ2) is 14.5. The van der Waals surface area contributed by atoms with Crippen molar-refractivity contribution in [3.63, 3.8) is 0 Å². The first-order chi connectivity index (χ1) is 27.2. The molecule has 0 fully saturated rings. The predicted molar refractivity (Wildman–Crippen MR) is 226 cm³/mol. The number of nitrogens with zero attached hydrogens (tertiary/aromatic N) is 5. The molecular formula is C49H34N6. The molecule has 0 aliphatic heterocycles. The fraction of sp³-hybridized carbons (Fsp3) is 0. The highest BCUT2D eigenvalue weighted by molar-refractivity contribution is 6.10. The number of nitrogens with one attached hydrogen (secondary N) is 1. The standard InChI is InChI=1S/C49H34N6/c1-2-12-39(31-50)44-28-26-40(32-51-44)36-15-11-16-38(29-36)49-53-47(34-13-5-3-6-14-34)52-48(54-49)35-23-21-33(22-24-35)37-25-27-43-42-19-9-10-20-45(42)55(46(43)30-37)41-17-7-4-8-18-41/h2-32,50H,1H2/b39-12+,50-31?. The fourth-order valence-corrected chi connectivity index (χ4v) is 7.08. The zero-order chi connectivity index (χ0) is 37.1. The minimum atomic E-state index is 0.582. The molecule has 0 saturated heterocycles. The van der Waals surface area contributed by atoms with Crippen molar-refractivity contribution in [3.05, 3.63) is 194 Å². The van der Waals surface area contributed by atoms with E-state index in [1.54, 1.807) is 12.2 Å². The van der Waals surface area contributed by atoms with Crippen LogP contribution in [-0.2, 0) is 0 Å². The van der Waals surface area contributed by atoms with Gasteiger partial charge in [0.1, 0.15) is 0 Å². The van der Waals surface area contributed by atoms with Crippen molar-refractivity contribution in [2.45, 2.75) is 0 Å². The molecule has 0 spiro atoms. The van der Waals surface area contributed by atoms with E-state index in [1.165, 1.54) is 22.5 Å². The molecule has 1 N–H and O–H groups in total. The summed E-state index contributed by atoms with van der Waals surface area (Å²) in [5, 5.41) is 10.2. The van der Waals surface area contributed by atoms with Gasteiger partial charge in [-0.05, 0) is 53.1 Å². The lowest BCUT2D eigenvalue weighted by Crippen LogP contribution is -2.00. The van der Waals surface area contributed by atoms with Gasteiger partial charge in [-0.15, -0.1) is 0 Å². The minimum Gasteiger partial charge on any atom is -0.309 e. The Labute approximate surface area is 319 Å². The number of hydrogen-bond donors (Lipinski definition) is 1. The summed E-state index contributed by atoms with van der Waals surface area (Å²) >= 11 is 0. The Balaban J connectivity index is 1.09. The number of rotatable bonds is 9. The first-order valence-corrected chi connectivity index (χ1v) is 18.1. The third kappa shape index (κ3) is 6.43. The number of para-hydroxylation sites is 2. The molecule has 0 unspecified atom stereocenters. The van der Waals surface area contributed by atoms with Crippen molar-refractivity contribution in [3.8, 4) is 62.1 Å². The number of fused-ring (bicyclic) bond motifs is 3. The zero-order valence-corrected chi connectivity index (χ0v) is 29.8.